The SMILES string of the molecule is CCOC(=O)[C@@H](CN)C(C)(C)N1CCCCC1. The molecule has 0 radical (unpaired) electrons. The molecule has 0 aromatic heterocycles. The summed E-state index contributed by atoms with van der Waals surface area (Å²) in [6.45, 7) is 8.93. The lowest BCUT2D eigenvalue weighted by molar-refractivity contribution is -0.153. The molecular weight excluding hydrogens is 216 g/mol. The number of nitrogens with two attached hydrogens (primary N) is 1. The van der Waals surface area contributed by atoms with Crippen LogP contribution < -0.4 is 5.73 Å². The number of nitrogens with zero attached hydrogens (tertiary/aromatic N) is 1. The van der Waals surface area contributed by atoms with Gasteiger partial charge in [0.1, 0.15) is 0 Å². The molecule has 1 rings (SSSR count). The maximum atomic E-state index is 11.9. The third-order valence-electron chi connectivity index (χ3n) is 3.83. The van der Waals surface area contributed by atoms with E-state index in [1.54, 1.807) is 0 Å². The highest BCUT2D eigenvalue weighted by molar-refractivity contribution is 5.74. The van der Waals surface area contributed by atoms with E-state index in [1.807, 2.05) is 6.92 Å². The Labute approximate surface area is 104 Å². The molecule has 0 aromatic carbocycles. The molecule has 1 fully saturated rings. The average molecular weight is 242 g/mol. The van der Waals surface area contributed by atoms with Gasteiger partial charge in [0.2, 0.25) is 0 Å². The van der Waals surface area contributed by atoms with Crippen molar-refractivity contribution in [3.05, 3.63) is 0 Å². The molecule has 1 heterocycles. The van der Waals surface area contributed by atoms with E-state index in [4.69, 9.17) is 10.5 Å². The molecule has 0 aliphatic carbocycles. The summed E-state index contributed by atoms with van der Waals surface area (Å²) in [5, 5.41) is 0. The molecule has 4 heteroatoms. The summed E-state index contributed by atoms with van der Waals surface area (Å²) in [6.07, 6.45) is 3.71. The van der Waals surface area contributed by atoms with Gasteiger partial charge in [-0.2, -0.15) is 0 Å². The zero-order valence-corrected chi connectivity index (χ0v) is 11.4. The van der Waals surface area contributed by atoms with E-state index in [9.17, 15) is 4.79 Å². The fourth-order valence-corrected chi connectivity index (χ4v) is 2.61. The fourth-order valence-electron chi connectivity index (χ4n) is 2.61. The van der Waals surface area contributed by atoms with Crippen LogP contribution in [0.5, 0.6) is 0 Å². The quantitative estimate of drug-likeness (QED) is 0.740. The Hall–Kier alpha value is -0.610. The molecule has 0 saturated carbocycles. The summed E-state index contributed by atoms with van der Waals surface area (Å²) in [5.74, 6) is -0.397. The van der Waals surface area contributed by atoms with Gasteiger partial charge < -0.3 is 10.5 Å². The van der Waals surface area contributed by atoms with Crippen molar-refractivity contribution in [2.75, 3.05) is 26.2 Å². The van der Waals surface area contributed by atoms with Crippen molar-refractivity contribution in [3.8, 4) is 0 Å². The van der Waals surface area contributed by atoms with Crippen molar-refractivity contribution >= 4 is 5.97 Å². The first-order chi connectivity index (χ1) is 8.04. The third kappa shape index (κ3) is 3.42. The van der Waals surface area contributed by atoms with Gasteiger partial charge in [-0.1, -0.05) is 6.42 Å². The molecule has 17 heavy (non-hydrogen) atoms. The lowest BCUT2D eigenvalue weighted by atomic mass is 9.84. The fraction of sp³-hybridized carbons (Fsp3) is 0.923. The number of piperidine rings is 1. The number of carbonyl (C=O) groups is 1. The Morgan fingerprint density at radius 2 is 1.94 bits per heavy atom. The van der Waals surface area contributed by atoms with E-state index < -0.39 is 0 Å². The van der Waals surface area contributed by atoms with E-state index in [2.05, 4.69) is 18.7 Å². The van der Waals surface area contributed by atoms with Crippen molar-refractivity contribution < 1.29 is 9.53 Å². The van der Waals surface area contributed by atoms with Crippen LogP contribution in [0.25, 0.3) is 0 Å². The van der Waals surface area contributed by atoms with E-state index in [1.165, 1.54) is 19.3 Å². The molecule has 1 atom stereocenters. The van der Waals surface area contributed by atoms with Crippen LogP contribution in [0.2, 0.25) is 0 Å². The van der Waals surface area contributed by atoms with Gasteiger partial charge in [-0.3, -0.25) is 9.69 Å². The van der Waals surface area contributed by atoms with Gasteiger partial charge in [-0.25, -0.2) is 0 Å². The van der Waals surface area contributed by atoms with Crippen LogP contribution in [0.3, 0.4) is 0 Å². The highest BCUT2D eigenvalue weighted by atomic mass is 16.5. The van der Waals surface area contributed by atoms with Crippen molar-refractivity contribution in [1.82, 2.24) is 4.90 Å². The third-order valence-corrected chi connectivity index (χ3v) is 3.83. The first-order valence-corrected chi connectivity index (χ1v) is 6.65. The summed E-state index contributed by atoms with van der Waals surface area (Å²) in [6, 6.07) is 0. The largest absolute Gasteiger partial charge is 0.466 e. The number of likely N-dealkylation sites (tertiary alicyclic amines) is 1. The standard InChI is InChI=1S/C13H26N2O2/c1-4-17-12(16)11(10-14)13(2,3)15-8-6-5-7-9-15/h11H,4-10,14H2,1-3H3/t11-/m1/s1. The number of hydrogen-bond donors (Lipinski definition) is 1. The molecule has 0 aromatic rings. The minimum atomic E-state index is -0.236. The number of hydrogen-bond acceptors (Lipinski definition) is 4. The van der Waals surface area contributed by atoms with Gasteiger partial charge in [0.15, 0.2) is 0 Å². The van der Waals surface area contributed by atoms with Crippen LogP contribution in [-0.4, -0.2) is 42.6 Å². The first-order valence-electron chi connectivity index (χ1n) is 6.65. The minimum Gasteiger partial charge on any atom is -0.466 e. The Kier molecular flexibility index (Phi) is 5.40. The van der Waals surface area contributed by atoms with Crippen LogP contribution in [0.1, 0.15) is 40.0 Å². The Morgan fingerprint density at radius 3 is 2.41 bits per heavy atom. The maximum Gasteiger partial charge on any atom is 0.312 e. The molecule has 100 valence electrons. The van der Waals surface area contributed by atoms with Crippen LogP contribution in [-0.2, 0) is 9.53 Å². The molecular formula is C13H26N2O2. The van der Waals surface area contributed by atoms with Crippen LogP contribution in [0.4, 0.5) is 0 Å². The highest BCUT2D eigenvalue weighted by Crippen LogP contribution is 2.28. The number of carbonyl (C=O) groups excluding carboxylic acids is 1. The highest BCUT2D eigenvalue weighted by Gasteiger charge is 2.40. The zero-order chi connectivity index (χ0) is 12.9. The topological polar surface area (TPSA) is 55.6 Å². The first kappa shape index (κ1) is 14.5. The summed E-state index contributed by atoms with van der Waals surface area (Å²) >= 11 is 0. The number of esters is 1. The lowest BCUT2D eigenvalue weighted by Crippen LogP contribution is -2.56. The molecule has 1 aliphatic rings. The second kappa shape index (κ2) is 6.36. The van der Waals surface area contributed by atoms with Crippen molar-refractivity contribution in [2.24, 2.45) is 11.7 Å². The Bertz CT molecular complexity index is 248. The zero-order valence-electron chi connectivity index (χ0n) is 11.4. The Balaban J connectivity index is 2.72. The minimum absolute atomic E-state index is 0.162. The number of rotatable bonds is 5. The molecule has 0 bridgehead atoms. The van der Waals surface area contributed by atoms with Gasteiger partial charge in [0, 0.05) is 12.1 Å². The van der Waals surface area contributed by atoms with Crippen molar-refractivity contribution in [3.63, 3.8) is 0 Å². The smallest absolute Gasteiger partial charge is 0.312 e. The number of ether oxygens (including phenoxy) is 1. The van der Waals surface area contributed by atoms with Crippen LogP contribution >= 0.6 is 0 Å². The molecule has 1 aliphatic heterocycles. The molecule has 0 amide bonds. The van der Waals surface area contributed by atoms with Gasteiger partial charge in [-0.05, 0) is 46.7 Å². The van der Waals surface area contributed by atoms with Gasteiger partial charge in [-0.15, -0.1) is 0 Å². The average Bonchev–Trinajstić information content (AvgIpc) is 2.31. The Morgan fingerprint density at radius 1 is 1.35 bits per heavy atom. The summed E-state index contributed by atoms with van der Waals surface area (Å²) in [4.78, 5) is 14.3. The molecule has 0 unspecified atom stereocenters. The van der Waals surface area contributed by atoms with E-state index >= 15 is 0 Å². The summed E-state index contributed by atoms with van der Waals surface area (Å²) < 4.78 is 5.13. The predicted molar refractivity (Wildman–Crippen MR) is 68.7 cm³/mol. The monoisotopic (exact) mass is 242 g/mol. The van der Waals surface area contributed by atoms with Crippen molar-refractivity contribution in [1.29, 1.82) is 0 Å². The van der Waals surface area contributed by atoms with E-state index in [-0.39, 0.29) is 17.4 Å². The van der Waals surface area contributed by atoms with E-state index in [0.717, 1.165) is 13.1 Å². The van der Waals surface area contributed by atoms with Gasteiger partial charge in [0.25, 0.3) is 0 Å². The maximum absolute atomic E-state index is 11.9. The molecule has 0 spiro atoms. The molecule has 1 saturated heterocycles. The normalized spacial score (nSPS) is 20.0. The molecule has 2 N–H and O–H groups in total. The van der Waals surface area contributed by atoms with Gasteiger partial charge in [0.05, 0.1) is 12.5 Å². The second-order valence-corrected chi connectivity index (χ2v) is 5.24. The second-order valence-electron chi connectivity index (χ2n) is 5.24. The van der Waals surface area contributed by atoms with Crippen LogP contribution in [0.15, 0.2) is 0 Å². The van der Waals surface area contributed by atoms with Gasteiger partial charge >= 0.3 is 5.97 Å². The lowest BCUT2D eigenvalue weighted by Gasteiger charge is -2.44. The summed E-state index contributed by atoms with van der Waals surface area (Å²) in [7, 11) is 0. The summed E-state index contributed by atoms with van der Waals surface area (Å²) in [5.41, 5.74) is 5.56. The molecule has 4 nitrogen and oxygen atoms in total. The van der Waals surface area contributed by atoms with E-state index in [0.29, 0.717) is 13.2 Å². The predicted octanol–water partition coefficient (Wildman–Crippen LogP) is 1.39. The van der Waals surface area contributed by atoms with Crippen LogP contribution in [0, 0.1) is 5.92 Å². The van der Waals surface area contributed by atoms with Crippen molar-refractivity contribution in [2.45, 2.75) is 45.6 Å².